The van der Waals surface area contributed by atoms with E-state index in [1.807, 2.05) is 0 Å². The van der Waals surface area contributed by atoms with Gasteiger partial charge in [0.05, 0.1) is 12.0 Å². The Hall–Kier alpha value is -0.610. The summed E-state index contributed by atoms with van der Waals surface area (Å²) in [6.07, 6.45) is 5.57. The Morgan fingerprint density at radius 3 is 2.12 bits per heavy atom. The zero-order valence-corrected chi connectivity index (χ0v) is 9.57. The number of carbonyl (C=O) groups is 1. The lowest BCUT2D eigenvalue weighted by Crippen LogP contribution is -2.53. The molecule has 16 heavy (non-hydrogen) atoms. The van der Waals surface area contributed by atoms with Crippen LogP contribution >= 0.6 is 0 Å². The van der Waals surface area contributed by atoms with Crippen LogP contribution in [0.2, 0.25) is 0 Å². The van der Waals surface area contributed by atoms with Crippen LogP contribution in [0.15, 0.2) is 0 Å². The molecule has 2 rings (SSSR count). The minimum Gasteiger partial charge on any atom is -0.481 e. The van der Waals surface area contributed by atoms with E-state index in [1.165, 1.54) is 0 Å². The van der Waals surface area contributed by atoms with Crippen molar-refractivity contribution in [1.29, 1.82) is 0 Å². The monoisotopic (exact) mass is 228 g/mol. The summed E-state index contributed by atoms with van der Waals surface area (Å²) >= 11 is 0. The van der Waals surface area contributed by atoms with Gasteiger partial charge in [0, 0.05) is 13.0 Å². The summed E-state index contributed by atoms with van der Waals surface area (Å²) in [6.45, 7) is 0.658. The first-order chi connectivity index (χ1) is 7.61. The van der Waals surface area contributed by atoms with E-state index < -0.39 is 17.0 Å². The van der Waals surface area contributed by atoms with Crippen LogP contribution < -0.4 is 0 Å². The third kappa shape index (κ3) is 1.74. The zero-order chi connectivity index (χ0) is 11.6. The highest BCUT2D eigenvalue weighted by Gasteiger charge is 2.57. The van der Waals surface area contributed by atoms with E-state index in [1.54, 1.807) is 0 Å². The number of carboxylic acids is 1. The van der Waals surface area contributed by atoms with Gasteiger partial charge in [-0.25, -0.2) is 0 Å². The van der Waals surface area contributed by atoms with Gasteiger partial charge in [0.15, 0.2) is 0 Å². The lowest BCUT2D eigenvalue weighted by Gasteiger charge is -2.40. The first kappa shape index (κ1) is 11.9. The summed E-state index contributed by atoms with van der Waals surface area (Å²) in [7, 11) is 0. The zero-order valence-electron chi connectivity index (χ0n) is 9.57. The molecule has 1 saturated heterocycles. The number of ether oxygens (including phenoxy) is 1. The second-order valence-corrected chi connectivity index (χ2v) is 5.14. The molecule has 0 bridgehead atoms. The number of rotatable bonds is 2. The molecule has 1 unspecified atom stereocenters. The quantitative estimate of drug-likeness (QED) is 0.704. The molecule has 0 spiro atoms. The normalized spacial score (nSPS) is 34.6. The van der Waals surface area contributed by atoms with E-state index in [2.05, 4.69) is 0 Å². The Morgan fingerprint density at radius 2 is 1.69 bits per heavy atom. The molecule has 4 nitrogen and oxygen atoms in total. The summed E-state index contributed by atoms with van der Waals surface area (Å²) in [5.74, 6) is -0.845. The van der Waals surface area contributed by atoms with Crippen molar-refractivity contribution in [2.75, 3.05) is 13.2 Å². The predicted octanol–water partition coefficient (Wildman–Crippen LogP) is 1.56. The van der Waals surface area contributed by atoms with Gasteiger partial charge >= 0.3 is 5.97 Å². The van der Waals surface area contributed by atoms with Gasteiger partial charge in [-0.05, 0) is 12.8 Å². The van der Waals surface area contributed by atoms with Crippen molar-refractivity contribution in [2.45, 2.75) is 50.5 Å². The standard InChI is InChI=1S/C12H20O4/c13-10(14)11(5-3-1-2-4-6-11)12(15)7-8-16-9-12/h15H,1-9H2,(H,13,14). The summed E-state index contributed by atoms with van der Waals surface area (Å²) < 4.78 is 5.22. The van der Waals surface area contributed by atoms with Crippen LogP contribution in [0.4, 0.5) is 0 Å². The van der Waals surface area contributed by atoms with Crippen molar-refractivity contribution >= 4 is 5.97 Å². The highest BCUT2D eigenvalue weighted by molar-refractivity contribution is 5.76. The minimum absolute atomic E-state index is 0.180. The second-order valence-electron chi connectivity index (χ2n) is 5.14. The Balaban J connectivity index is 2.29. The Morgan fingerprint density at radius 1 is 1.06 bits per heavy atom. The fourth-order valence-electron chi connectivity index (χ4n) is 3.14. The van der Waals surface area contributed by atoms with E-state index >= 15 is 0 Å². The van der Waals surface area contributed by atoms with Crippen LogP contribution in [0, 0.1) is 5.41 Å². The summed E-state index contributed by atoms with van der Waals surface area (Å²) in [6, 6.07) is 0. The molecule has 1 saturated carbocycles. The van der Waals surface area contributed by atoms with Crippen molar-refractivity contribution in [1.82, 2.24) is 0 Å². The molecule has 92 valence electrons. The molecule has 0 aromatic rings. The molecule has 2 fully saturated rings. The smallest absolute Gasteiger partial charge is 0.312 e. The van der Waals surface area contributed by atoms with Crippen molar-refractivity contribution in [3.63, 3.8) is 0 Å². The molecule has 0 radical (unpaired) electrons. The molecule has 1 aliphatic carbocycles. The second kappa shape index (κ2) is 4.34. The maximum Gasteiger partial charge on any atom is 0.312 e. The topological polar surface area (TPSA) is 66.8 Å². The molecular weight excluding hydrogens is 208 g/mol. The van der Waals surface area contributed by atoms with E-state index in [4.69, 9.17) is 4.74 Å². The van der Waals surface area contributed by atoms with Gasteiger partial charge in [-0.3, -0.25) is 4.79 Å². The SMILES string of the molecule is O=C(O)C1(C2(O)CCOC2)CCCCCC1. The Bertz CT molecular complexity index is 260. The first-order valence-electron chi connectivity index (χ1n) is 6.14. The van der Waals surface area contributed by atoms with Gasteiger partial charge in [0.25, 0.3) is 0 Å². The average molecular weight is 228 g/mol. The largest absolute Gasteiger partial charge is 0.481 e. The molecule has 2 aliphatic rings. The van der Waals surface area contributed by atoms with Crippen LogP contribution in [0.1, 0.15) is 44.9 Å². The third-order valence-corrected chi connectivity index (χ3v) is 4.26. The van der Waals surface area contributed by atoms with Crippen molar-refractivity contribution in [3.8, 4) is 0 Å². The Kier molecular flexibility index (Phi) is 3.22. The molecule has 0 amide bonds. The number of carboxylic acid groups (broad SMARTS) is 1. The van der Waals surface area contributed by atoms with Gasteiger partial charge in [-0.2, -0.15) is 0 Å². The maximum absolute atomic E-state index is 11.6. The maximum atomic E-state index is 11.6. The number of hydrogen-bond donors (Lipinski definition) is 2. The lowest BCUT2D eigenvalue weighted by atomic mass is 9.66. The van der Waals surface area contributed by atoms with Crippen LogP contribution in [-0.2, 0) is 9.53 Å². The van der Waals surface area contributed by atoms with E-state index in [0.29, 0.717) is 25.9 Å². The van der Waals surface area contributed by atoms with Crippen LogP contribution in [0.5, 0.6) is 0 Å². The first-order valence-corrected chi connectivity index (χ1v) is 6.14. The van der Waals surface area contributed by atoms with E-state index in [9.17, 15) is 15.0 Å². The van der Waals surface area contributed by atoms with Crippen molar-refractivity contribution in [2.24, 2.45) is 5.41 Å². The van der Waals surface area contributed by atoms with Gasteiger partial charge in [-0.1, -0.05) is 25.7 Å². The molecule has 1 aliphatic heterocycles. The third-order valence-electron chi connectivity index (χ3n) is 4.26. The van der Waals surface area contributed by atoms with Gasteiger partial charge in [0.2, 0.25) is 0 Å². The molecule has 4 heteroatoms. The summed E-state index contributed by atoms with van der Waals surface area (Å²) in [5.41, 5.74) is -2.12. The number of aliphatic hydroxyl groups is 1. The van der Waals surface area contributed by atoms with Crippen LogP contribution in [-0.4, -0.2) is 35.0 Å². The van der Waals surface area contributed by atoms with Crippen molar-refractivity contribution in [3.05, 3.63) is 0 Å². The molecule has 2 N–H and O–H groups in total. The Labute approximate surface area is 95.6 Å². The fourth-order valence-corrected chi connectivity index (χ4v) is 3.14. The van der Waals surface area contributed by atoms with Gasteiger partial charge in [0.1, 0.15) is 5.60 Å². The molecule has 1 heterocycles. The van der Waals surface area contributed by atoms with Crippen LogP contribution in [0.25, 0.3) is 0 Å². The fraction of sp³-hybridized carbons (Fsp3) is 0.917. The lowest BCUT2D eigenvalue weighted by molar-refractivity contribution is -0.172. The van der Waals surface area contributed by atoms with Crippen LogP contribution in [0.3, 0.4) is 0 Å². The number of hydrogen-bond acceptors (Lipinski definition) is 3. The van der Waals surface area contributed by atoms with Crippen molar-refractivity contribution < 1.29 is 19.7 Å². The highest BCUT2D eigenvalue weighted by Crippen LogP contribution is 2.47. The average Bonchev–Trinajstić information content (AvgIpc) is 2.56. The minimum atomic E-state index is -1.15. The predicted molar refractivity (Wildman–Crippen MR) is 58.2 cm³/mol. The molecule has 0 aromatic carbocycles. The molecular formula is C12H20O4. The van der Waals surface area contributed by atoms with E-state index in [-0.39, 0.29) is 6.61 Å². The van der Waals surface area contributed by atoms with Gasteiger partial charge in [-0.15, -0.1) is 0 Å². The summed E-state index contributed by atoms with van der Waals surface area (Å²) in [4.78, 5) is 11.6. The summed E-state index contributed by atoms with van der Waals surface area (Å²) in [5, 5.41) is 20.1. The highest BCUT2D eigenvalue weighted by atomic mass is 16.5. The van der Waals surface area contributed by atoms with E-state index in [0.717, 1.165) is 25.7 Å². The number of aliphatic carboxylic acids is 1. The molecule has 0 aromatic heterocycles. The van der Waals surface area contributed by atoms with Gasteiger partial charge < -0.3 is 14.9 Å². The molecule has 1 atom stereocenters.